The van der Waals surface area contributed by atoms with Gasteiger partial charge in [0, 0.05) is 0 Å². The molecule has 0 amide bonds. The predicted molar refractivity (Wildman–Crippen MR) is 54.8 cm³/mol. The first-order valence-electron chi connectivity index (χ1n) is 5.14. The minimum absolute atomic E-state index is 0.252. The van der Waals surface area contributed by atoms with Gasteiger partial charge in [0.2, 0.25) is 0 Å². The van der Waals surface area contributed by atoms with Crippen molar-refractivity contribution in [2.45, 2.75) is 25.8 Å². The van der Waals surface area contributed by atoms with E-state index in [1.54, 1.807) is 13.0 Å². The maximum absolute atomic E-state index is 11.4. The molecule has 1 aromatic heterocycles. The van der Waals surface area contributed by atoms with Crippen molar-refractivity contribution in [1.82, 2.24) is 5.32 Å². The van der Waals surface area contributed by atoms with Crippen LogP contribution in [0, 0.1) is 6.92 Å². The third-order valence-electron chi connectivity index (χ3n) is 2.75. The molecule has 1 N–H and O–H groups in total. The van der Waals surface area contributed by atoms with Gasteiger partial charge < -0.3 is 14.5 Å². The van der Waals surface area contributed by atoms with E-state index in [2.05, 4.69) is 10.1 Å². The van der Waals surface area contributed by atoms with Gasteiger partial charge in [-0.1, -0.05) is 0 Å². The van der Waals surface area contributed by atoms with E-state index in [1.165, 1.54) is 7.11 Å². The largest absolute Gasteiger partial charge is 0.465 e. The van der Waals surface area contributed by atoms with E-state index < -0.39 is 0 Å². The van der Waals surface area contributed by atoms with Crippen LogP contribution in [0.5, 0.6) is 0 Å². The Bertz CT molecular complexity index is 364. The number of rotatable bonds is 2. The molecule has 1 unspecified atom stereocenters. The summed E-state index contributed by atoms with van der Waals surface area (Å²) >= 11 is 0. The number of ether oxygens (including phenoxy) is 1. The zero-order valence-electron chi connectivity index (χ0n) is 9.00. The first-order valence-corrected chi connectivity index (χ1v) is 5.14. The van der Waals surface area contributed by atoms with E-state index in [1.807, 2.05) is 0 Å². The second-order valence-corrected chi connectivity index (χ2v) is 3.76. The Hall–Kier alpha value is -1.29. The van der Waals surface area contributed by atoms with Crippen LogP contribution in [0.2, 0.25) is 0 Å². The van der Waals surface area contributed by atoms with Crippen LogP contribution in [0.3, 0.4) is 0 Å². The monoisotopic (exact) mass is 209 g/mol. The van der Waals surface area contributed by atoms with Crippen LogP contribution >= 0.6 is 0 Å². The average Bonchev–Trinajstić information content (AvgIpc) is 2.84. The first-order chi connectivity index (χ1) is 7.22. The molecule has 1 aromatic rings. The van der Waals surface area contributed by atoms with Crippen molar-refractivity contribution < 1.29 is 13.9 Å². The lowest BCUT2D eigenvalue weighted by Crippen LogP contribution is -2.11. The van der Waals surface area contributed by atoms with E-state index >= 15 is 0 Å². The molecule has 4 heteroatoms. The zero-order valence-corrected chi connectivity index (χ0v) is 9.00. The van der Waals surface area contributed by atoms with E-state index in [-0.39, 0.29) is 12.0 Å². The number of hydrogen-bond donors (Lipinski definition) is 1. The molecule has 0 bridgehead atoms. The molecule has 0 spiro atoms. The molecule has 2 rings (SSSR count). The van der Waals surface area contributed by atoms with Crippen LogP contribution in [0.15, 0.2) is 10.5 Å². The molecule has 0 aliphatic carbocycles. The lowest BCUT2D eigenvalue weighted by molar-refractivity contribution is 0.0599. The maximum atomic E-state index is 11.4. The number of nitrogens with one attached hydrogen (secondary N) is 1. The van der Waals surface area contributed by atoms with E-state index in [0.717, 1.165) is 25.1 Å². The lowest BCUT2D eigenvalue weighted by Gasteiger charge is -2.04. The molecular formula is C11H15NO3. The number of furan rings is 1. The summed E-state index contributed by atoms with van der Waals surface area (Å²) in [5.41, 5.74) is 0.529. The number of carbonyl (C=O) groups excluding carboxylic acids is 1. The highest BCUT2D eigenvalue weighted by Gasteiger charge is 2.23. The van der Waals surface area contributed by atoms with Crippen LogP contribution < -0.4 is 5.32 Å². The molecule has 82 valence electrons. The van der Waals surface area contributed by atoms with Crippen molar-refractivity contribution in [3.8, 4) is 0 Å². The molecule has 15 heavy (non-hydrogen) atoms. The molecule has 1 aliphatic heterocycles. The molecule has 0 radical (unpaired) electrons. The van der Waals surface area contributed by atoms with Gasteiger partial charge in [-0.2, -0.15) is 0 Å². The molecule has 4 nitrogen and oxygen atoms in total. The van der Waals surface area contributed by atoms with Crippen molar-refractivity contribution in [2.24, 2.45) is 0 Å². The van der Waals surface area contributed by atoms with Crippen molar-refractivity contribution in [2.75, 3.05) is 13.7 Å². The highest BCUT2D eigenvalue weighted by Crippen LogP contribution is 2.27. The number of hydrogen-bond acceptors (Lipinski definition) is 4. The Morgan fingerprint density at radius 2 is 2.47 bits per heavy atom. The Morgan fingerprint density at radius 1 is 1.67 bits per heavy atom. The summed E-state index contributed by atoms with van der Waals surface area (Å²) in [7, 11) is 1.38. The van der Waals surface area contributed by atoms with Gasteiger partial charge >= 0.3 is 5.97 Å². The summed E-state index contributed by atoms with van der Waals surface area (Å²) in [6.45, 7) is 2.79. The normalized spacial score (nSPS) is 20.5. The van der Waals surface area contributed by atoms with Crippen LogP contribution in [-0.2, 0) is 4.74 Å². The summed E-state index contributed by atoms with van der Waals surface area (Å²) in [5.74, 6) is 1.14. The first kappa shape index (κ1) is 10.2. The number of methoxy groups -OCH3 is 1. The fourth-order valence-corrected chi connectivity index (χ4v) is 1.92. The van der Waals surface area contributed by atoms with Crippen molar-refractivity contribution in [3.63, 3.8) is 0 Å². The standard InChI is InChI=1S/C11H15NO3/c1-7-8(11(13)14-2)6-10(15-7)9-4-3-5-12-9/h6,9,12H,3-5H2,1-2H3. The molecular weight excluding hydrogens is 194 g/mol. The Kier molecular flexibility index (Phi) is 2.77. The van der Waals surface area contributed by atoms with Gasteiger partial charge in [-0.15, -0.1) is 0 Å². The van der Waals surface area contributed by atoms with Crippen molar-refractivity contribution >= 4 is 5.97 Å². The van der Waals surface area contributed by atoms with Crippen LogP contribution in [0.4, 0.5) is 0 Å². The van der Waals surface area contributed by atoms with E-state index in [0.29, 0.717) is 11.3 Å². The van der Waals surface area contributed by atoms with Crippen molar-refractivity contribution in [3.05, 3.63) is 23.2 Å². The van der Waals surface area contributed by atoms with Gasteiger partial charge in [-0.3, -0.25) is 0 Å². The maximum Gasteiger partial charge on any atom is 0.341 e. The van der Waals surface area contributed by atoms with Crippen LogP contribution in [0.1, 0.15) is 40.8 Å². The van der Waals surface area contributed by atoms with Gasteiger partial charge in [0.1, 0.15) is 17.1 Å². The second kappa shape index (κ2) is 4.06. The Balaban J connectivity index is 2.23. The molecule has 0 saturated carbocycles. The molecule has 1 saturated heterocycles. The smallest absolute Gasteiger partial charge is 0.341 e. The zero-order chi connectivity index (χ0) is 10.8. The predicted octanol–water partition coefficient (Wildman–Crippen LogP) is 1.80. The Morgan fingerprint density at radius 3 is 3.07 bits per heavy atom. The summed E-state index contributed by atoms with van der Waals surface area (Å²) in [4.78, 5) is 11.4. The lowest BCUT2D eigenvalue weighted by atomic mass is 10.1. The van der Waals surface area contributed by atoms with Gasteiger partial charge in [-0.05, 0) is 32.4 Å². The number of esters is 1. The van der Waals surface area contributed by atoms with Crippen LogP contribution in [-0.4, -0.2) is 19.6 Å². The summed E-state index contributed by atoms with van der Waals surface area (Å²) in [6.07, 6.45) is 2.21. The average molecular weight is 209 g/mol. The van der Waals surface area contributed by atoms with Gasteiger partial charge in [0.25, 0.3) is 0 Å². The second-order valence-electron chi connectivity index (χ2n) is 3.76. The summed E-state index contributed by atoms with van der Waals surface area (Å²) in [5, 5.41) is 3.32. The van der Waals surface area contributed by atoms with Gasteiger partial charge in [0.15, 0.2) is 0 Å². The molecule has 1 fully saturated rings. The highest BCUT2D eigenvalue weighted by molar-refractivity contribution is 5.90. The third kappa shape index (κ3) is 1.90. The minimum Gasteiger partial charge on any atom is -0.465 e. The summed E-state index contributed by atoms with van der Waals surface area (Å²) < 4.78 is 10.2. The molecule has 1 atom stereocenters. The van der Waals surface area contributed by atoms with E-state index in [4.69, 9.17) is 4.42 Å². The highest BCUT2D eigenvalue weighted by atomic mass is 16.5. The van der Waals surface area contributed by atoms with Crippen molar-refractivity contribution in [1.29, 1.82) is 0 Å². The molecule has 0 aromatic carbocycles. The number of aryl methyl sites for hydroxylation is 1. The van der Waals surface area contributed by atoms with E-state index in [9.17, 15) is 4.79 Å². The Labute approximate surface area is 88.6 Å². The fraction of sp³-hybridized carbons (Fsp3) is 0.545. The fourth-order valence-electron chi connectivity index (χ4n) is 1.92. The quantitative estimate of drug-likeness (QED) is 0.754. The third-order valence-corrected chi connectivity index (χ3v) is 2.75. The van der Waals surface area contributed by atoms with Gasteiger partial charge in [0.05, 0.1) is 13.2 Å². The minimum atomic E-state index is -0.333. The topological polar surface area (TPSA) is 51.5 Å². The molecule has 1 aliphatic rings. The summed E-state index contributed by atoms with van der Waals surface area (Å²) in [6, 6.07) is 2.03. The van der Waals surface area contributed by atoms with Crippen LogP contribution in [0.25, 0.3) is 0 Å². The molecule has 2 heterocycles. The van der Waals surface area contributed by atoms with Gasteiger partial charge in [-0.25, -0.2) is 4.79 Å². The SMILES string of the molecule is COC(=O)c1cc(C2CCCN2)oc1C. The number of carbonyl (C=O) groups is 1.